The van der Waals surface area contributed by atoms with E-state index >= 15 is 0 Å². The number of hydrogen-bond acceptors (Lipinski definition) is 10. The predicted molar refractivity (Wildman–Crippen MR) is 201 cm³/mol. The molecule has 0 aliphatic heterocycles. The minimum Gasteiger partial charge on any atom is -0.753 e. The average Bonchev–Trinajstić information content (AvgIpc) is 3.87. The number of isothiocyanates is 1. The molecule has 0 saturated heterocycles. The molecule has 13 nitrogen and oxygen atoms in total. The van der Waals surface area contributed by atoms with Crippen molar-refractivity contribution in [2.75, 3.05) is 0 Å². The van der Waals surface area contributed by atoms with E-state index in [0.717, 1.165) is 34.2 Å². The number of carboxylic acids is 3. The maximum absolute atomic E-state index is 12.6. The molecule has 0 radical (unpaired) electrons. The molecule has 6 rings (SSSR count). The maximum atomic E-state index is 12.6. The Bertz CT molecular complexity index is 2300. The Hall–Kier alpha value is -6.13. The monoisotopic (exact) mass is 887 g/mol. The van der Waals surface area contributed by atoms with Gasteiger partial charge in [0.1, 0.15) is 5.69 Å². The Morgan fingerprint density at radius 2 is 1.38 bits per heavy atom. The molecule has 0 saturated carbocycles. The number of aromatic nitrogens is 6. The number of aromatic carboxylic acids is 3. The Kier molecular flexibility index (Phi) is 16.2. The van der Waals surface area contributed by atoms with E-state index in [4.69, 9.17) is 15.6 Å². The van der Waals surface area contributed by atoms with E-state index in [-0.39, 0.29) is 64.6 Å². The number of nitrogens with zero attached hydrogens (tertiary/aromatic N) is 7. The molecule has 0 fully saturated rings. The zero-order chi connectivity index (χ0) is 40.1. The van der Waals surface area contributed by atoms with Gasteiger partial charge in [-0.2, -0.15) is 18.3 Å². The van der Waals surface area contributed by atoms with Crippen LogP contribution in [0.15, 0.2) is 91.4 Å². The van der Waals surface area contributed by atoms with Crippen LogP contribution in [-0.2, 0) is 25.7 Å². The van der Waals surface area contributed by atoms with Gasteiger partial charge in [-0.1, -0.05) is 37.3 Å². The normalized spacial score (nSPS) is 10.6. The molecule has 6 aromatic rings. The van der Waals surface area contributed by atoms with Gasteiger partial charge < -0.3 is 30.9 Å². The molecule has 0 aliphatic carbocycles. The molecule has 286 valence electrons. The second-order valence-electron chi connectivity index (χ2n) is 10.9. The smallest absolute Gasteiger partial charge is 0.753 e. The van der Waals surface area contributed by atoms with Crippen molar-refractivity contribution in [1.82, 2.24) is 30.1 Å². The first-order valence-corrected chi connectivity index (χ1v) is 16.9. The number of halogens is 3. The largest absolute Gasteiger partial charge is 2.00 e. The first-order chi connectivity index (χ1) is 26.2. The topological polar surface area (TPSA) is 213 Å². The van der Waals surface area contributed by atoms with E-state index in [1.54, 1.807) is 23.6 Å². The average molecular weight is 887 g/mol. The Balaban J connectivity index is 0.000000277. The zero-order valence-corrected chi connectivity index (χ0v) is 32.0. The number of hydrogen-bond donors (Lipinski definition) is 3. The summed E-state index contributed by atoms with van der Waals surface area (Å²) in [6, 6.07) is 16.1. The van der Waals surface area contributed by atoms with Crippen LogP contribution in [-0.4, -0.2) is 63.4 Å². The fraction of sp³-hybridized carbons (Fsp3) is 0.108. The summed E-state index contributed by atoms with van der Waals surface area (Å²) in [6.07, 6.45) is 6.09. The molecule has 19 heteroatoms. The molecule has 0 amide bonds. The van der Waals surface area contributed by atoms with Gasteiger partial charge in [-0.25, -0.2) is 19.4 Å². The molecule has 6 aromatic heterocycles. The van der Waals surface area contributed by atoms with Crippen molar-refractivity contribution in [3.63, 3.8) is 0 Å². The third kappa shape index (κ3) is 12.2. The van der Waals surface area contributed by atoms with Crippen LogP contribution in [0.5, 0.6) is 0 Å². The molecular weight excluding hydrogens is 861 g/mol. The predicted octanol–water partition coefficient (Wildman–Crippen LogP) is 8.62. The quantitative estimate of drug-likeness (QED) is 0.0669. The summed E-state index contributed by atoms with van der Waals surface area (Å²) < 4.78 is 37.8. The minimum atomic E-state index is -4.50. The fourth-order valence-electron chi connectivity index (χ4n) is 4.54. The van der Waals surface area contributed by atoms with Gasteiger partial charge in [0.15, 0.2) is 0 Å². The Morgan fingerprint density at radius 1 is 0.821 bits per heavy atom. The van der Waals surface area contributed by atoms with Gasteiger partial charge in [-0.15, -0.1) is 11.3 Å². The van der Waals surface area contributed by atoms with E-state index in [0.29, 0.717) is 5.69 Å². The summed E-state index contributed by atoms with van der Waals surface area (Å²) in [5, 5.41) is 42.8. The van der Waals surface area contributed by atoms with E-state index in [1.807, 2.05) is 18.2 Å². The summed E-state index contributed by atoms with van der Waals surface area (Å²) in [5.41, 5.74) is 0.771. The summed E-state index contributed by atoms with van der Waals surface area (Å²) in [7, 11) is 0. The summed E-state index contributed by atoms with van der Waals surface area (Å²) >= 11 is 5.34. The van der Waals surface area contributed by atoms with Crippen molar-refractivity contribution in [2.24, 2.45) is 0 Å². The molecule has 0 unspecified atom stereocenters. The van der Waals surface area contributed by atoms with E-state index in [9.17, 15) is 32.7 Å². The molecule has 3 N–H and O–H groups in total. The van der Waals surface area contributed by atoms with Crippen molar-refractivity contribution >= 4 is 52.7 Å². The number of unbranched alkanes of at least 4 members (excludes halogenated alkanes) is 1. The minimum absolute atomic E-state index is 0. The molecular formula is C37H26F3N7O6RuS2. The molecule has 56 heavy (non-hydrogen) atoms. The Morgan fingerprint density at radius 3 is 1.84 bits per heavy atom. The number of rotatable bonds is 10. The Labute approximate surface area is 338 Å². The van der Waals surface area contributed by atoms with Gasteiger partial charge in [0.05, 0.1) is 39.5 Å². The number of carboxylic acid groups (broad SMARTS) is 3. The van der Waals surface area contributed by atoms with Crippen molar-refractivity contribution in [1.29, 1.82) is 0 Å². The van der Waals surface area contributed by atoms with Crippen LogP contribution in [0.3, 0.4) is 0 Å². The number of pyridine rings is 4. The molecule has 0 aliphatic rings. The third-order valence-corrected chi connectivity index (χ3v) is 8.21. The molecule has 6 heterocycles. The standard InChI is InChI=1S/C18H15F3N3S.C18H11N3O6.CNS.Ru/c1-2-3-4-5-13-7-9-16(25-13)12-6-8-14(22-11-12)15-10-17(24-23-15)18(19,20)21;22-16(23)9-1-3-19-12(5-9)14-7-11(18(26)27)8-15(21-14)13-6-10(17(24)25)2-4-20-13;2-1-3;/h4-11H,2-3H2,1H3;1-8H,(H,22,23)(H,24,25)(H,26,27);;/q-1;;-1;+2/b5-4+;;;. The van der Waals surface area contributed by atoms with Gasteiger partial charge in [0.25, 0.3) is 0 Å². The van der Waals surface area contributed by atoms with Crippen LogP contribution < -0.4 is 5.10 Å². The van der Waals surface area contributed by atoms with Crippen LogP contribution in [0.25, 0.3) is 56.1 Å². The summed E-state index contributed by atoms with van der Waals surface area (Å²) in [6.45, 7) is 2.13. The number of thiophene rings is 1. The first kappa shape index (κ1) is 44.3. The number of thiocarbonyl (C=S) groups is 1. The third-order valence-electron chi connectivity index (χ3n) is 7.11. The van der Waals surface area contributed by atoms with Gasteiger partial charge >= 0.3 is 43.6 Å². The molecule has 0 bridgehead atoms. The maximum Gasteiger partial charge on any atom is 2.00 e. The van der Waals surface area contributed by atoms with Crippen molar-refractivity contribution in [2.45, 2.75) is 25.9 Å². The van der Waals surface area contributed by atoms with Gasteiger partial charge in [0.2, 0.25) is 0 Å². The van der Waals surface area contributed by atoms with Crippen LogP contribution >= 0.6 is 23.6 Å². The summed E-state index contributed by atoms with van der Waals surface area (Å²) in [5.74, 6) is -3.56. The summed E-state index contributed by atoms with van der Waals surface area (Å²) in [4.78, 5) is 52.5. The number of alkyl halides is 3. The van der Waals surface area contributed by atoms with Crippen molar-refractivity contribution in [3.8, 4) is 44.6 Å². The van der Waals surface area contributed by atoms with Crippen LogP contribution in [0, 0.1) is 0 Å². The van der Waals surface area contributed by atoms with Gasteiger partial charge in [-0.05, 0) is 79.2 Å². The fourth-order valence-corrected chi connectivity index (χ4v) is 5.47. The van der Waals surface area contributed by atoms with Gasteiger partial charge in [0, 0.05) is 39.6 Å². The SMILES string of the molecule is CCC/C=C/c1ccc(-c2ccc(-c3cc(C(F)(F)F)n[n-]3)nc2)s1.O=C(O)c1ccnc(-c2cc(C(=O)O)cc(-c3cc(C(=O)O)ccn3)n2)c1.[N-]=C=S.[Ru+2]. The van der Waals surface area contributed by atoms with Crippen molar-refractivity contribution < 1.29 is 62.4 Å². The van der Waals surface area contributed by atoms with Crippen molar-refractivity contribution in [3.05, 3.63) is 124 Å². The zero-order valence-electron chi connectivity index (χ0n) is 28.7. The van der Waals surface area contributed by atoms with E-state index in [2.05, 4.69) is 61.4 Å². The van der Waals surface area contributed by atoms with E-state index < -0.39 is 29.8 Å². The van der Waals surface area contributed by atoms with Crippen LogP contribution in [0.2, 0.25) is 0 Å². The second-order valence-corrected chi connectivity index (χ2v) is 12.2. The number of carbonyl (C=O) groups is 3. The van der Waals surface area contributed by atoms with Crippen LogP contribution in [0.1, 0.15) is 61.4 Å². The first-order valence-electron chi connectivity index (χ1n) is 15.7. The number of allylic oxidation sites excluding steroid dienone is 1. The van der Waals surface area contributed by atoms with E-state index in [1.165, 1.54) is 54.0 Å². The second kappa shape index (κ2) is 20.5. The van der Waals surface area contributed by atoms with Crippen LogP contribution in [0.4, 0.5) is 13.2 Å². The molecule has 0 aromatic carbocycles. The molecule has 0 atom stereocenters. The molecule has 0 spiro atoms. The van der Waals surface area contributed by atoms with Gasteiger partial charge in [-0.3, -0.25) is 15.0 Å².